The van der Waals surface area contributed by atoms with Gasteiger partial charge in [0.05, 0.1) is 26.5 Å². The highest BCUT2D eigenvalue weighted by Gasteiger charge is 2.42. The molecule has 0 N–H and O–H groups in total. The summed E-state index contributed by atoms with van der Waals surface area (Å²) in [7, 11) is 3.08. The summed E-state index contributed by atoms with van der Waals surface area (Å²) in [5.41, 5.74) is 1.87. The molecule has 0 unspecified atom stereocenters. The minimum Gasteiger partial charge on any atom is -0.497 e. The van der Waals surface area contributed by atoms with Gasteiger partial charge in [0.2, 0.25) is 5.91 Å². The Labute approximate surface area is 193 Å². The van der Waals surface area contributed by atoms with Crippen LogP contribution < -0.4 is 24.0 Å². The maximum atomic E-state index is 13.9. The fourth-order valence-electron chi connectivity index (χ4n) is 3.99. The standard InChI is InChI=1S/C26H26N2O5/c1-4-33-20-12-10-19(11-13-20)28-24(29)17-27(22-15-14-21(31-2)16-23(22)32-3)26(30)25(28)18-8-6-5-7-9-18/h5-16,25H,4,17H2,1-3H3/t25-/m1/s1. The first-order chi connectivity index (χ1) is 16.1. The molecule has 1 heterocycles. The molecule has 170 valence electrons. The molecule has 1 atom stereocenters. The van der Waals surface area contributed by atoms with E-state index in [1.165, 1.54) is 12.0 Å². The van der Waals surface area contributed by atoms with Crippen LogP contribution in [0.4, 0.5) is 11.4 Å². The molecule has 1 fully saturated rings. The van der Waals surface area contributed by atoms with Crippen molar-refractivity contribution < 1.29 is 23.8 Å². The number of amides is 2. The van der Waals surface area contributed by atoms with E-state index in [1.54, 1.807) is 54.5 Å². The molecule has 33 heavy (non-hydrogen) atoms. The van der Waals surface area contributed by atoms with Crippen LogP contribution in [0, 0.1) is 0 Å². The van der Waals surface area contributed by atoms with Gasteiger partial charge in [0.15, 0.2) is 0 Å². The van der Waals surface area contributed by atoms with Gasteiger partial charge in [-0.2, -0.15) is 0 Å². The molecule has 3 aromatic carbocycles. The normalized spacial score (nSPS) is 16.0. The molecule has 1 aliphatic heterocycles. The minimum absolute atomic E-state index is 0.113. The van der Waals surface area contributed by atoms with Crippen LogP contribution in [0.25, 0.3) is 0 Å². The van der Waals surface area contributed by atoms with Gasteiger partial charge in [-0.25, -0.2) is 0 Å². The molecule has 2 amide bonds. The van der Waals surface area contributed by atoms with Crippen LogP contribution in [-0.2, 0) is 9.59 Å². The van der Waals surface area contributed by atoms with Crippen molar-refractivity contribution in [2.45, 2.75) is 13.0 Å². The number of rotatable bonds is 7. The molecule has 1 saturated heterocycles. The lowest BCUT2D eigenvalue weighted by atomic mass is 9.99. The summed E-state index contributed by atoms with van der Waals surface area (Å²) >= 11 is 0. The molecule has 7 nitrogen and oxygen atoms in total. The number of hydrogen-bond donors (Lipinski definition) is 0. The molecule has 0 aromatic heterocycles. The zero-order valence-corrected chi connectivity index (χ0v) is 18.9. The molecular weight excluding hydrogens is 420 g/mol. The fraction of sp³-hybridized carbons (Fsp3) is 0.231. The number of carbonyl (C=O) groups is 2. The molecule has 1 aliphatic rings. The smallest absolute Gasteiger partial charge is 0.255 e. The van der Waals surface area contributed by atoms with E-state index in [2.05, 4.69) is 0 Å². The number of carbonyl (C=O) groups excluding carboxylic acids is 2. The second kappa shape index (κ2) is 9.65. The first-order valence-electron chi connectivity index (χ1n) is 10.7. The lowest BCUT2D eigenvalue weighted by Gasteiger charge is -2.40. The Kier molecular flexibility index (Phi) is 6.49. The molecule has 0 spiro atoms. The average molecular weight is 447 g/mol. The highest BCUT2D eigenvalue weighted by Crippen LogP contribution is 2.39. The Bertz CT molecular complexity index is 1130. The van der Waals surface area contributed by atoms with Crippen LogP contribution in [0.3, 0.4) is 0 Å². The summed E-state index contributed by atoms with van der Waals surface area (Å²) in [5.74, 6) is 1.33. The molecule has 0 bridgehead atoms. The van der Waals surface area contributed by atoms with Crippen molar-refractivity contribution >= 4 is 23.2 Å². The van der Waals surface area contributed by atoms with Gasteiger partial charge in [-0.15, -0.1) is 0 Å². The summed E-state index contributed by atoms with van der Waals surface area (Å²) in [4.78, 5) is 30.4. The predicted molar refractivity (Wildman–Crippen MR) is 126 cm³/mol. The van der Waals surface area contributed by atoms with E-state index in [1.807, 2.05) is 37.3 Å². The minimum atomic E-state index is -0.822. The zero-order valence-electron chi connectivity index (χ0n) is 18.9. The average Bonchev–Trinajstić information content (AvgIpc) is 2.86. The third-order valence-corrected chi connectivity index (χ3v) is 5.54. The molecule has 0 aliphatic carbocycles. The quantitative estimate of drug-likeness (QED) is 0.544. The van der Waals surface area contributed by atoms with Crippen molar-refractivity contribution in [3.8, 4) is 17.2 Å². The Hall–Kier alpha value is -4.00. The monoisotopic (exact) mass is 446 g/mol. The maximum absolute atomic E-state index is 13.9. The zero-order chi connectivity index (χ0) is 23.4. The number of ether oxygens (including phenoxy) is 3. The third kappa shape index (κ3) is 4.35. The topological polar surface area (TPSA) is 68.3 Å². The van der Waals surface area contributed by atoms with Crippen molar-refractivity contribution in [1.29, 1.82) is 0 Å². The lowest BCUT2D eigenvalue weighted by Crippen LogP contribution is -2.56. The molecule has 3 aromatic rings. The Morgan fingerprint density at radius 2 is 1.58 bits per heavy atom. The van der Waals surface area contributed by atoms with E-state index in [9.17, 15) is 9.59 Å². The lowest BCUT2D eigenvalue weighted by molar-refractivity contribution is -0.128. The first kappa shape index (κ1) is 22.2. The van der Waals surface area contributed by atoms with E-state index < -0.39 is 6.04 Å². The van der Waals surface area contributed by atoms with Gasteiger partial charge in [0.25, 0.3) is 5.91 Å². The number of benzene rings is 3. The summed E-state index contributed by atoms with van der Waals surface area (Å²) in [6, 6.07) is 20.9. The van der Waals surface area contributed by atoms with Crippen molar-refractivity contribution in [2.24, 2.45) is 0 Å². The van der Waals surface area contributed by atoms with Crippen LogP contribution in [-0.4, -0.2) is 39.2 Å². The molecule has 7 heteroatoms. The number of piperazine rings is 1. The number of hydrogen-bond acceptors (Lipinski definition) is 5. The number of anilines is 2. The molecule has 4 rings (SSSR count). The van der Waals surface area contributed by atoms with Crippen molar-refractivity contribution in [2.75, 3.05) is 37.2 Å². The van der Waals surface area contributed by atoms with E-state index in [-0.39, 0.29) is 18.4 Å². The van der Waals surface area contributed by atoms with Gasteiger partial charge >= 0.3 is 0 Å². The second-order valence-corrected chi connectivity index (χ2v) is 7.47. The van der Waals surface area contributed by atoms with E-state index >= 15 is 0 Å². The van der Waals surface area contributed by atoms with E-state index in [0.717, 1.165) is 5.56 Å². The van der Waals surface area contributed by atoms with Crippen LogP contribution in [0.2, 0.25) is 0 Å². The predicted octanol–water partition coefficient (Wildman–Crippen LogP) is 4.22. The Morgan fingerprint density at radius 3 is 2.21 bits per heavy atom. The summed E-state index contributed by atoms with van der Waals surface area (Å²) in [5, 5.41) is 0. The highest BCUT2D eigenvalue weighted by molar-refractivity contribution is 6.15. The maximum Gasteiger partial charge on any atom is 0.255 e. The van der Waals surface area contributed by atoms with E-state index in [0.29, 0.717) is 35.2 Å². The van der Waals surface area contributed by atoms with Gasteiger partial charge in [-0.05, 0) is 48.9 Å². The van der Waals surface area contributed by atoms with Crippen LogP contribution in [0.15, 0.2) is 72.8 Å². The van der Waals surface area contributed by atoms with Gasteiger partial charge in [-0.3, -0.25) is 19.4 Å². The van der Waals surface area contributed by atoms with Gasteiger partial charge < -0.3 is 14.2 Å². The van der Waals surface area contributed by atoms with E-state index in [4.69, 9.17) is 14.2 Å². The van der Waals surface area contributed by atoms with Crippen molar-refractivity contribution in [3.63, 3.8) is 0 Å². The number of nitrogens with zero attached hydrogens (tertiary/aromatic N) is 2. The van der Waals surface area contributed by atoms with Crippen LogP contribution in [0.1, 0.15) is 18.5 Å². The van der Waals surface area contributed by atoms with Gasteiger partial charge in [0, 0.05) is 11.8 Å². The van der Waals surface area contributed by atoms with Crippen molar-refractivity contribution in [3.05, 3.63) is 78.4 Å². The second-order valence-electron chi connectivity index (χ2n) is 7.47. The first-order valence-corrected chi connectivity index (χ1v) is 10.7. The third-order valence-electron chi connectivity index (χ3n) is 5.54. The van der Waals surface area contributed by atoms with Gasteiger partial charge in [0.1, 0.15) is 29.8 Å². The molecule has 0 saturated carbocycles. The molecular formula is C26H26N2O5. The largest absolute Gasteiger partial charge is 0.497 e. The Morgan fingerprint density at radius 1 is 0.879 bits per heavy atom. The number of methoxy groups -OCH3 is 2. The highest BCUT2D eigenvalue weighted by atomic mass is 16.5. The van der Waals surface area contributed by atoms with Gasteiger partial charge in [-0.1, -0.05) is 30.3 Å². The van der Waals surface area contributed by atoms with Crippen molar-refractivity contribution in [1.82, 2.24) is 0 Å². The molecule has 0 radical (unpaired) electrons. The fourth-order valence-corrected chi connectivity index (χ4v) is 3.99. The SMILES string of the molecule is CCOc1ccc(N2C(=O)CN(c3ccc(OC)cc3OC)C(=O)[C@H]2c2ccccc2)cc1. The van der Waals surface area contributed by atoms with Crippen LogP contribution >= 0.6 is 0 Å². The Balaban J connectivity index is 1.77. The summed E-state index contributed by atoms with van der Waals surface area (Å²) in [6.45, 7) is 2.35. The summed E-state index contributed by atoms with van der Waals surface area (Å²) in [6.07, 6.45) is 0. The summed E-state index contributed by atoms with van der Waals surface area (Å²) < 4.78 is 16.3. The van der Waals surface area contributed by atoms with Crippen LogP contribution in [0.5, 0.6) is 17.2 Å².